The standard InChI is InChI=1S/C18H21NO3S2/c1-5-21-15-11(3)10-13(12(4)16(15)22-6-2)8-7-9-14-17(20)19-18(23)24-14/h7-10H,5-6H2,1-4H3,(H,19,20,23)/b8-7+,14-9-. The largest absolute Gasteiger partial charge is 0.490 e. The van der Waals surface area contributed by atoms with Crippen molar-refractivity contribution in [1.82, 2.24) is 5.32 Å². The van der Waals surface area contributed by atoms with Gasteiger partial charge < -0.3 is 14.8 Å². The monoisotopic (exact) mass is 363 g/mol. The molecule has 24 heavy (non-hydrogen) atoms. The predicted octanol–water partition coefficient (Wildman–Crippen LogP) is 4.15. The first kappa shape index (κ1) is 18.5. The minimum atomic E-state index is -0.149. The maximum absolute atomic E-state index is 11.6. The molecule has 1 N–H and O–H groups in total. The minimum Gasteiger partial charge on any atom is -0.490 e. The van der Waals surface area contributed by atoms with Gasteiger partial charge in [0.15, 0.2) is 11.5 Å². The van der Waals surface area contributed by atoms with Crippen LogP contribution in [0.5, 0.6) is 11.5 Å². The number of carbonyl (C=O) groups is 1. The van der Waals surface area contributed by atoms with E-state index in [0.717, 1.165) is 28.2 Å². The highest BCUT2D eigenvalue weighted by Gasteiger charge is 2.21. The van der Waals surface area contributed by atoms with Crippen LogP contribution in [-0.2, 0) is 4.79 Å². The first-order valence-corrected chi connectivity index (χ1v) is 9.01. The summed E-state index contributed by atoms with van der Waals surface area (Å²) in [5.74, 6) is 1.42. The lowest BCUT2D eigenvalue weighted by molar-refractivity contribution is -0.115. The van der Waals surface area contributed by atoms with E-state index in [0.29, 0.717) is 22.4 Å². The number of hydrogen-bond donors (Lipinski definition) is 1. The van der Waals surface area contributed by atoms with Gasteiger partial charge in [0.1, 0.15) is 4.32 Å². The van der Waals surface area contributed by atoms with Crippen LogP contribution >= 0.6 is 24.0 Å². The van der Waals surface area contributed by atoms with Gasteiger partial charge in [-0.25, -0.2) is 0 Å². The molecule has 0 aromatic heterocycles. The third-order valence-electron chi connectivity index (χ3n) is 3.45. The lowest BCUT2D eigenvalue weighted by Crippen LogP contribution is -2.17. The van der Waals surface area contributed by atoms with Crippen molar-refractivity contribution in [2.24, 2.45) is 0 Å². The molecule has 1 aromatic rings. The normalized spacial score (nSPS) is 16.1. The lowest BCUT2D eigenvalue weighted by Gasteiger charge is -2.17. The van der Waals surface area contributed by atoms with Crippen LogP contribution in [0.25, 0.3) is 6.08 Å². The molecule has 1 aromatic carbocycles. The Bertz CT molecular complexity index is 723. The molecule has 0 atom stereocenters. The average molecular weight is 364 g/mol. The van der Waals surface area contributed by atoms with E-state index in [2.05, 4.69) is 11.4 Å². The van der Waals surface area contributed by atoms with E-state index in [9.17, 15) is 4.79 Å². The summed E-state index contributed by atoms with van der Waals surface area (Å²) in [5, 5.41) is 2.60. The number of thiocarbonyl (C=S) groups is 1. The summed E-state index contributed by atoms with van der Waals surface area (Å²) in [6, 6.07) is 2.06. The third-order valence-corrected chi connectivity index (χ3v) is 4.63. The molecular weight excluding hydrogens is 342 g/mol. The topological polar surface area (TPSA) is 47.6 Å². The van der Waals surface area contributed by atoms with Gasteiger partial charge in [-0.3, -0.25) is 4.79 Å². The van der Waals surface area contributed by atoms with Gasteiger partial charge in [-0.2, -0.15) is 0 Å². The molecule has 1 aliphatic rings. The first-order valence-electron chi connectivity index (χ1n) is 7.79. The maximum atomic E-state index is 11.6. The number of allylic oxidation sites excluding steroid dienone is 2. The van der Waals surface area contributed by atoms with Gasteiger partial charge in [0, 0.05) is 5.56 Å². The van der Waals surface area contributed by atoms with Gasteiger partial charge in [0.25, 0.3) is 5.91 Å². The molecule has 4 nitrogen and oxygen atoms in total. The SMILES string of the molecule is CCOc1c(C)cc(/C=C/C=C2\SC(=S)NC2=O)c(C)c1OCC. The number of benzene rings is 1. The molecule has 1 amide bonds. The fourth-order valence-electron chi connectivity index (χ4n) is 2.38. The van der Waals surface area contributed by atoms with Crippen molar-refractivity contribution in [2.45, 2.75) is 27.7 Å². The first-order chi connectivity index (χ1) is 11.5. The Balaban J connectivity index is 2.33. The second-order valence-corrected chi connectivity index (χ2v) is 6.88. The van der Waals surface area contributed by atoms with Gasteiger partial charge in [-0.1, -0.05) is 36.1 Å². The fourth-order valence-corrected chi connectivity index (χ4v) is 3.37. The second-order valence-electron chi connectivity index (χ2n) is 5.17. The maximum Gasteiger partial charge on any atom is 0.263 e. The molecule has 1 saturated heterocycles. The van der Waals surface area contributed by atoms with Crippen LogP contribution in [0.4, 0.5) is 0 Å². The van der Waals surface area contributed by atoms with Crippen LogP contribution < -0.4 is 14.8 Å². The van der Waals surface area contributed by atoms with Gasteiger partial charge in [0.05, 0.1) is 18.1 Å². The average Bonchev–Trinajstić information content (AvgIpc) is 2.85. The lowest BCUT2D eigenvalue weighted by atomic mass is 10.0. The highest BCUT2D eigenvalue weighted by Crippen LogP contribution is 2.37. The number of hydrogen-bond acceptors (Lipinski definition) is 5. The van der Waals surface area contributed by atoms with E-state index < -0.39 is 0 Å². The smallest absolute Gasteiger partial charge is 0.263 e. The van der Waals surface area contributed by atoms with Crippen LogP contribution in [0.2, 0.25) is 0 Å². The summed E-state index contributed by atoms with van der Waals surface area (Å²) in [6.45, 7) is 9.09. The van der Waals surface area contributed by atoms with Crippen molar-refractivity contribution in [1.29, 1.82) is 0 Å². The van der Waals surface area contributed by atoms with Crippen molar-refractivity contribution in [2.75, 3.05) is 13.2 Å². The predicted molar refractivity (Wildman–Crippen MR) is 104 cm³/mol. The molecule has 0 unspecified atom stereocenters. The van der Waals surface area contributed by atoms with Crippen LogP contribution in [0, 0.1) is 13.8 Å². The number of aryl methyl sites for hydroxylation is 1. The summed E-state index contributed by atoms with van der Waals surface area (Å²) in [6.07, 6.45) is 5.58. The summed E-state index contributed by atoms with van der Waals surface area (Å²) < 4.78 is 12.0. The van der Waals surface area contributed by atoms with Gasteiger partial charge >= 0.3 is 0 Å². The summed E-state index contributed by atoms with van der Waals surface area (Å²) in [7, 11) is 0. The third kappa shape index (κ3) is 4.19. The van der Waals surface area contributed by atoms with Crippen molar-refractivity contribution in [3.63, 3.8) is 0 Å². The Hall–Kier alpha value is -1.79. The Morgan fingerprint density at radius 2 is 1.88 bits per heavy atom. The zero-order chi connectivity index (χ0) is 17.7. The fraction of sp³-hybridized carbons (Fsp3) is 0.333. The van der Waals surface area contributed by atoms with Crippen LogP contribution in [0.1, 0.15) is 30.5 Å². The minimum absolute atomic E-state index is 0.149. The molecular formula is C18H21NO3S2. The number of amides is 1. The molecule has 0 radical (unpaired) electrons. The van der Waals surface area contributed by atoms with E-state index in [1.807, 2.05) is 39.8 Å². The Kier molecular flexibility index (Phi) is 6.45. The number of ether oxygens (including phenoxy) is 2. The second kappa shape index (κ2) is 8.35. The van der Waals surface area contributed by atoms with Gasteiger partial charge in [0.2, 0.25) is 0 Å². The molecule has 0 aliphatic carbocycles. The Labute approximate surface area is 152 Å². The zero-order valence-electron chi connectivity index (χ0n) is 14.3. The van der Waals surface area contributed by atoms with Crippen molar-refractivity contribution in [3.8, 4) is 11.5 Å². The van der Waals surface area contributed by atoms with Crippen LogP contribution in [-0.4, -0.2) is 23.4 Å². The molecule has 1 fully saturated rings. The van der Waals surface area contributed by atoms with Crippen molar-refractivity contribution < 1.29 is 14.3 Å². The highest BCUT2D eigenvalue weighted by atomic mass is 32.2. The van der Waals surface area contributed by atoms with Crippen molar-refractivity contribution >= 4 is 40.3 Å². The number of carbonyl (C=O) groups excluding carboxylic acids is 1. The molecule has 2 rings (SSSR count). The van der Waals surface area contributed by atoms with E-state index in [1.54, 1.807) is 6.08 Å². The summed E-state index contributed by atoms with van der Waals surface area (Å²) in [4.78, 5) is 12.2. The van der Waals surface area contributed by atoms with Crippen LogP contribution in [0.3, 0.4) is 0 Å². The molecule has 0 saturated carbocycles. The van der Waals surface area contributed by atoms with E-state index in [4.69, 9.17) is 21.7 Å². The number of nitrogens with one attached hydrogen (secondary N) is 1. The molecule has 1 heterocycles. The molecule has 0 bridgehead atoms. The molecule has 0 spiro atoms. The van der Waals surface area contributed by atoms with E-state index in [-0.39, 0.29) is 5.91 Å². The highest BCUT2D eigenvalue weighted by molar-refractivity contribution is 8.26. The van der Waals surface area contributed by atoms with Crippen LogP contribution in [0.15, 0.2) is 23.1 Å². The van der Waals surface area contributed by atoms with E-state index >= 15 is 0 Å². The number of thioether (sulfide) groups is 1. The summed E-state index contributed by atoms with van der Waals surface area (Å²) >= 11 is 6.25. The number of rotatable bonds is 6. The molecule has 6 heteroatoms. The van der Waals surface area contributed by atoms with Gasteiger partial charge in [-0.05, 0) is 51.0 Å². The quantitative estimate of drug-likeness (QED) is 0.608. The Morgan fingerprint density at radius 1 is 1.21 bits per heavy atom. The molecule has 1 aliphatic heterocycles. The Morgan fingerprint density at radius 3 is 2.46 bits per heavy atom. The molecule has 128 valence electrons. The van der Waals surface area contributed by atoms with Gasteiger partial charge in [-0.15, -0.1) is 0 Å². The summed E-state index contributed by atoms with van der Waals surface area (Å²) in [5.41, 5.74) is 3.06. The zero-order valence-corrected chi connectivity index (χ0v) is 15.9. The van der Waals surface area contributed by atoms with E-state index in [1.165, 1.54) is 11.8 Å². The van der Waals surface area contributed by atoms with Crippen molar-refractivity contribution in [3.05, 3.63) is 39.8 Å².